The van der Waals surface area contributed by atoms with E-state index in [2.05, 4.69) is 5.32 Å². The van der Waals surface area contributed by atoms with Gasteiger partial charge in [-0.2, -0.15) is 0 Å². The molecule has 2 aromatic rings. The van der Waals surface area contributed by atoms with E-state index in [4.69, 9.17) is 4.74 Å². The van der Waals surface area contributed by atoms with Gasteiger partial charge >= 0.3 is 5.97 Å². The number of nitrogens with one attached hydrogen (secondary N) is 1. The second-order valence-corrected chi connectivity index (χ2v) is 6.36. The van der Waals surface area contributed by atoms with Crippen molar-refractivity contribution in [2.75, 3.05) is 6.61 Å². The summed E-state index contributed by atoms with van der Waals surface area (Å²) in [5, 5.41) is 21.7. The van der Waals surface area contributed by atoms with Crippen LogP contribution in [0.1, 0.15) is 30.0 Å². The molecule has 3 N–H and O–H groups in total. The summed E-state index contributed by atoms with van der Waals surface area (Å²) in [6, 6.07) is 10.9. The Kier molecular flexibility index (Phi) is 7.23. The molecule has 144 valence electrons. The quantitative estimate of drug-likeness (QED) is 0.620. The fraction of sp³-hybridized carbons (Fsp3) is 0.333. The minimum atomic E-state index is -0.788. The third kappa shape index (κ3) is 6.33. The molecule has 6 nitrogen and oxygen atoms in total. The Morgan fingerprint density at radius 3 is 2.37 bits per heavy atom. The minimum Gasteiger partial charge on any atom is -0.508 e. The first-order valence-electron chi connectivity index (χ1n) is 8.91. The highest BCUT2D eigenvalue weighted by Crippen LogP contribution is 2.18. The zero-order valence-electron chi connectivity index (χ0n) is 15.6. The number of carbonyl (C=O) groups is 2. The van der Waals surface area contributed by atoms with Gasteiger partial charge in [-0.1, -0.05) is 24.3 Å². The molecular formula is C21H25NO5. The third-order valence-corrected chi connectivity index (χ3v) is 4.18. The van der Waals surface area contributed by atoms with Crippen LogP contribution in [0.3, 0.4) is 0 Å². The molecule has 0 aliphatic heterocycles. The van der Waals surface area contributed by atoms with E-state index in [0.717, 1.165) is 16.7 Å². The van der Waals surface area contributed by atoms with Gasteiger partial charge in [-0.25, -0.2) is 4.79 Å². The number of hydrogen-bond donors (Lipinski definition) is 3. The van der Waals surface area contributed by atoms with Crippen molar-refractivity contribution < 1.29 is 24.5 Å². The number of benzene rings is 2. The van der Waals surface area contributed by atoms with Crippen LogP contribution in [0.4, 0.5) is 0 Å². The second kappa shape index (κ2) is 9.62. The van der Waals surface area contributed by atoms with Crippen molar-refractivity contribution in [3.05, 3.63) is 59.2 Å². The van der Waals surface area contributed by atoms with Crippen LogP contribution in [0.25, 0.3) is 0 Å². The van der Waals surface area contributed by atoms with E-state index in [1.807, 2.05) is 6.07 Å². The highest BCUT2D eigenvalue weighted by molar-refractivity contribution is 5.84. The third-order valence-electron chi connectivity index (χ3n) is 4.18. The van der Waals surface area contributed by atoms with Crippen molar-refractivity contribution in [1.29, 1.82) is 0 Å². The second-order valence-electron chi connectivity index (χ2n) is 6.36. The lowest BCUT2D eigenvalue weighted by atomic mass is 10.0. The summed E-state index contributed by atoms with van der Waals surface area (Å²) >= 11 is 0. The number of phenols is 2. The summed E-state index contributed by atoms with van der Waals surface area (Å²) in [4.78, 5) is 24.5. The van der Waals surface area contributed by atoms with Crippen LogP contribution in [-0.4, -0.2) is 34.7 Å². The van der Waals surface area contributed by atoms with Gasteiger partial charge in [0, 0.05) is 12.8 Å². The number of ether oxygens (including phenoxy) is 1. The molecule has 2 rings (SSSR count). The van der Waals surface area contributed by atoms with Crippen molar-refractivity contribution in [3.63, 3.8) is 0 Å². The lowest BCUT2D eigenvalue weighted by molar-refractivity contribution is -0.147. The summed E-state index contributed by atoms with van der Waals surface area (Å²) in [5.74, 6) is -0.379. The zero-order chi connectivity index (χ0) is 19.8. The van der Waals surface area contributed by atoms with Gasteiger partial charge in [0.25, 0.3) is 0 Å². The Morgan fingerprint density at radius 1 is 1.07 bits per heavy atom. The van der Waals surface area contributed by atoms with Gasteiger partial charge in [0.2, 0.25) is 5.91 Å². The molecular weight excluding hydrogens is 346 g/mol. The van der Waals surface area contributed by atoms with Crippen molar-refractivity contribution in [2.45, 2.75) is 39.2 Å². The van der Waals surface area contributed by atoms with E-state index >= 15 is 0 Å². The molecule has 0 aliphatic carbocycles. The maximum absolute atomic E-state index is 12.3. The summed E-state index contributed by atoms with van der Waals surface area (Å²) in [7, 11) is 0. The molecule has 0 saturated carbocycles. The zero-order valence-corrected chi connectivity index (χ0v) is 15.6. The van der Waals surface area contributed by atoms with E-state index in [9.17, 15) is 19.8 Å². The molecule has 0 saturated heterocycles. The topological polar surface area (TPSA) is 95.9 Å². The summed E-state index contributed by atoms with van der Waals surface area (Å²) in [6.45, 7) is 3.74. The number of hydrogen-bond acceptors (Lipinski definition) is 5. The van der Waals surface area contributed by atoms with Crippen LogP contribution in [0.15, 0.2) is 42.5 Å². The highest BCUT2D eigenvalue weighted by Gasteiger charge is 2.22. The number of amides is 1. The number of aryl methyl sites for hydroxylation is 2. The maximum atomic E-state index is 12.3. The molecule has 2 aromatic carbocycles. The van der Waals surface area contributed by atoms with Gasteiger partial charge < -0.3 is 20.3 Å². The SMILES string of the molecule is CCOC(=O)C(Cc1ccc(O)cc1)NC(=O)CCc1ccc(O)c(C)c1. The standard InChI is InChI=1S/C21H25NO5/c1-3-27-21(26)18(13-16-4-8-17(23)9-5-16)22-20(25)11-7-15-6-10-19(24)14(2)12-15/h4-6,8-10,12,18,23-24H,3,7,11,13H2,1-2H3,(H,22,25). The normalized spacial score (nSPS) is 11.6. The minimum absolute atomic E-state index is 0.139. The van der Waals surface area contributed by atoms with Gasteiger partial charge in [0.1, 0.15) is 17.5 Å². The van der Waals surface area contributed by atoms with E-state index in [-0.39, 0.29) is 36.9 Å². The Morgan fingerprint density at radius 2 is 1.74 bits per heavy atom. The van der Waals surface area contributed by atoms with E-state index in [0.29, 0.717) is 6.42 Å². The van der Waals surface area contributed by atoms with Crippen LogP contribution in [0.5, 0.6) is 11.5 Å². The first-order valence-corrected chi connectivity index (χ1v) is 8.91. The van der Waals surface area contributed by atoms with Crippen LogP contribution in [-0.2, 0) is 27.2 Å². The Hall–Kier alpha value is -3.02. The molecule has 0 radical (unpaired) electrons. The van der Waals surface area contributed by atoms with Crippen LogP contribution >= 0.6 is 0 Å². The van der Waals surface area contributed by atoms with Gasteiger partial charge in [-0.05, 0) is 55.2 Å². The first-order chi connectivity index (χ1) is 12.9. The molecule has 0 aromatic heterocycles. The van der Waals surface area contributed by atoms with E-state index in [1.165, 1.54) is 12.1 Å². The summed E-state index contributed by atoms with van der Waals surface area (Å²) < 4.78 is 5.06. The molecule has 0 fully saturated rings. The largest absolute Gasteiger partial charge is 0.508 e. The average Bonchev–Trinajstić information content (AvgIpc) is 2.64. The van der Waals surface area contributed by atoms with Crippen molar-refractivity contribution in [2.24, 2.45) is 0 Å². The number of rotatable bonds is 8. The monoisotopic (exact) mass is 371 g/mol. The van der Waals surface area contributed by atoms with Gasteiger partial charge in [-0.15, -0.1) is 0 Å². The summed E-state index contributed by atoms with van der Waals surface area (Å²) in [6.07, 6.45) is 1.00. The van der Waals surface area contributed by atoms with Crippen LogP contribution in [0.2, 0.25) is 0 Å². The molecule has 0 aliphatic rings. The molecule has 1 amide bonds. The molecule has 27 heavy (non-hydrogen) atoms. The highest BCUT2D eigenvalue weighted by atomic mass is 16.5. The van der Waals surface area contributed by atoms with Crippen molar-refractivity contribution in [3.8, 4) is 11.5 Å². The van der Waals surface area contributed by atoms with Crippen molar-refractivity contribution >= 4 is 11.9 Å². The fourth-order valence-corrected chi connectivity index (χ4v) is 2.70. The molecule has 0 heterocycles. The van der Waals surface area contributed by atoms with Gasteiger partial charge in [0.05, 0.1) is 6.61 Å². The predicted octanol–water partition coefficient (Wildman–Crippen LogP) is 2.63. The molecule has 0 bridgehead atoms. The smallest absolute Gasteiger partial charge is 0.328 e. The maximum Gasteiger partial charge on any atom is 0.328 e. The van der Waals surface area contributed by atoms with Crippen molar-refractivity contribution in [1.82, 2.24) is 5.32 Å². The Bertz CT molecular complexity index is 786. The van der Waals surface area contributed by atoms with Gasteiger partial charge in [0.15, 0.2) is 0 Å². The number of phenolic OH excluding ortho intramolecular Hbond substituents is 2. The number of carbonyl (C=O) groups excluding carboxylic acids is 2. The fourth-order valence-electron chi connectivity index (χ4n) is 2.70. The first kappa shape index (κ1) is 20.3. The number of aromatic hydroxyl groups is 2. The van der Waals surface area contributed by atoms with Crippen LogP contribution < -0.4 is 5.32 Å². The van der Waals surface area contributed by atoms with E-state index in [1.54, 1.807) is 38.1 Å². The lowest BCUT2D eigenvalue weighted by Gasteiger charge is -2.17. The summed E-state index contributed by atoms with van der Waals surface area (Å²) in [5.41, 5.74) is 2.50. The van der Waals surface area contributed by atoms with E-state index < -0.39 is 12.0 Å². The lowest BCUT2D eigenvalue weighted by Crippen LogP contribution is -2.43. The predicted molar refractivity (Wildman–Crippen MR) is 102 cm³/mol. The number of esters is 1. The van der Waals surface area contributed by atoms with Gasteiger partial charge in [-0.3, -0.25) is 4.79 Å². The molecule has 0 spiro atoms. The average molecular weight is 371 g/mol. The molecule has 1 unspecified atom stereocenters. The molecule has 1 atom stereocenters. The van der Waals surface area contributed by atoms with Crippen LogP contribution in [0, 0.1) is 6.92 Å². The Labute approximate surface area is 158 Å². The Balaban J connectivity index is 1.98. The molecule has 6 heteroatoms.